The first-order chi connectivity index (χ1) is 28.2. The number of methoxy groups -OCH3 is 1. The number of sulfone groups is 1. The number of benzene rings is 1. The number of aromatic amines is 1. The van der Waals surface area contributed by atoms with Gasteiger partial charge in [-0.3, -0.25) is 37.5 Å². The number of nitrogens with one attached hydrogen (secondary N) is 1. The molecule has 3 saturated heterocycles. The number of rotatable bonds is 16. The second-order valence-electron chi connectivity index (χ2n) is 16.4. The number of nitrogens with zero attached hydrogens (tertiary/aromatic N) is 5. The van der Waals surface area contributed by atoms with E-state index in [2.05, 4.69) is 15.3 Å². The number of aromatic nitrogens is 5. The summed E-state index contributed by atoms with van der Waals surface area (Å²) in [5, 5.41) is 8.13. The maximum Gasteiger partial charge on any atom is 0.388 e. The second-order valence-corrected chi connectivity index (χ2v) is 21.8. The van der Waals surface area contributed by atoms with Crippen LogP contribution in [-0.2, 0) is 67.6 Å². The van der Waals surface area contributed by atoms with E-state index in [0.717, 1.165) is 17.1 Å². The molecule has 3 aliphatic rings. The van der Waals surface area contributed by atoms with Gasteiger partial charge in [0.2, 0.25) is 13.6 Å². The average molecular weight is 901 g/mol. The third-order valence-corrected chi connectivity index (χ3v) is 14.9. The first-order valence-corrected chi connectivity index (χ1v) is 23.3. The summed E-state index contributed by atoms with van der Waals surface area (Å²) < 4.78 is 92.1. The van der Waals surface area contributed by atoms with Gasteiger partial charge >= 0.3 is 25.2 Å². The Bertz CT molecular complexity index is 2240. The Morgan fingerprint density at radius 3 is 2.22 bits per heavy atom. The molecule has 0 bridgehead atoms. The van der Waals surface area contributed by atoms with Gasteiger partial charge in [0.25, 0.3) is 14.1 Å². The lowest BCUT2D eigenvalue weighted by atomic mass is 9.98. The number of esters is 2. The minimum absolute atomic E-state index is 0.164. The van der Waals surface area contributed by atoms with Crippen molar-refractivity contribution >= 4 is 43.3 Å². The van der Waals surface area contributed by atoms with Gasteiger partial charge in [-0.05, 0) is 66.5 Å². The zero-order valence-electron chi connectivity index (χ0n) is 34.2. The summed E-state index contributed by atoms with van der Waals surface area (Å²) in [5.41, 5.74) is -3.55. The molecule has 0 aliphatic carbocycles. The van der Waals surface area contributed by atoms with Gasteiger partial charge in [-0.2, -0.15) is 0 Å². The van der Waals surface area contributed by atoms with E-state index >= 15 is 0 Å². The maximum atomic E-state index is 14.2. The van der Waals surface area contributed by atoms with Crippen molar-refractivity contribution in [3.05, 3.63) is 69.6 Å². The first-order valence-electron chi connectivity index (χ1n) is 19.0. The molecule has 0 spiro atoms. The molecule has 5 heterocycles. The SMILES string of the molecule is COC1C(O[P@]2O[C@H](CS(=O)(=O)c3ccccc3)[C@@H]3CCCN32)[C@@H](Cn2cc(P(=O)(OCOC(=O)C(C)(C)C)OCOC(=O)C(C)(C)C)nn2)O[C@H]1n1ccc(=O)[nH]c1=O. The molecule has 60 heavy (non-hydrogen) atoms. The highest BCUT2D eigenvalue weighted by Gasteiger charge is 2.54. The van der Waals surface area contributed by atoms with Gasteiger partial charge in [0.05, 0.1) is 40.3 Å². The Kier molecular flexibility index (Phi) is 14.0. The van der Waals surface area contributed by atoms with E-state index in [1.807, 2.05) is 4.67 Å². The van der Waals surface area contributed by atoms with E-state index in [-0.39, 0.29) is 28.7 Å². The molecule has 3 aromatic rings. The van der Waals surface area contributed by atoms with Gasteiger partial charge in [-0.25, -0.2) is 22.6 Å². The molecule has 0 amide bonds. The van der Waals surface area contributed by atoms with Crippen LogP contribution in [0.4, 0.5) is 0 Å². The molecule has 2 unspecified atom stereocenters. The van der Waals surface area contributed by atoms with E-state index in [0.29, 0.717) is 13.0 Å². The van der Waals surface area contributed by atoms with Gasteiger partial charge in [0.1, 0.15) is 18.3 Å². The molecule has 7 atom stereocenters. The van der Waals surface area contributed by atoms with Gasteiger partial charge in [-0.15, -0.1) is 5.10 Å². The predicted octanol–water partition coefficient (Wildman–Crippen LogP) is 2.64. The highest BCUT2D eigenvalue weighted by atomic mass is 32.2. The molecule has 330 valence electrons. The predicted molar refractivity (Wildman–Crippen MR) is 211 cm³/mol. The maximum absolute atomic E-state index is 14.2. The Morgan fingerprint density at radius 1 is 0.967 bits per heavy atom. The van der Waals surface area contributed by atoms with E-state index in [1.54, 1.807) is 59.7 Å². The van der Waals surface area contributed by atoms with Crippen molar-refractivity contribution in [2.75, 3.05) is 33.0 Å². The number of carbonyl (C=O) groups is 2. The van der Waals surface area contributed by atoms with Crippen LogP contribution in [-0.4, -0.2) is 113 Å². The fourth-order valence-electron chi connectivity index (χ4n) is 6.55. The third-order valence-electron chi connectivity index (χ3n) is 9.74. The van der Waals surface area contributed by atoms with Crippen molar-refractivity contribution < 1.29 is 59.6 Å². The van der Waals surface area contributed by atoms with E-state index in [1.165, 1.54) is 36.3 Å². The van der Waals surface area contributed by atoms with Crippen LogP contribution in [0.2, 0.25) is 0 Å². The largest absolute Gasteiger partial charge is 0.438 e. The molecule has 21 nitrogen and oxygen atoms in total. The van der Waals surface area contributed by atoms with Crippen LogP contribution >= 0.6 is 16.1 Å². The van der Waals surface area contributed by atoms with Crippen LogP contribution in [0.1, 0.15) is 60.6 Å². The monoisotopic (exact) mass is 900 g/mol. The fraction of sp³-hybridized carbons (Fsp3) is 0.611. The molecule has 3 fully saturated rings. The molecule has 24 heteroatoms. The zero-order valence-corrected chi connectivity index (χ0v) is 36.8. The van der Waals surface area contributed by atoms with Crippen molar-refractivity contribution in [1.82, 2.24) is 29.2 Å². The molecule has 0 radical (unpaired) electrons. The Labute approximate surface area is 347 Å². The molecular formula is C36H50N6O15P2S. The Morgan fingerprint density at radius 2 is 1.62 bits per heavy atom. The summed E-state index contributed by atoms with van der Waals surface area (Å²) in [6, 6.07) is 9.02. The number of ether oxygens (including phenoxy) is 4. The molecular weight excluding hydrogens is 850 g/mol. The van der Waals surface area contributed by atoms with Crippen molar-refractivity contribution in [3.8, 4) is 0 Å². The molecule has 0 saturated carbocycles. The minimum atomic E-state index is -4.50. The number of hydrogen-bond donors (Lipinski definition) is 1. The van der Waals surface area contributed by atoms with Crippen molar-refractivity contribution in [2.45, 2.75) is 103 Å². The number of carbonyl (C=O) groups excluding carboxylic acids is 2. The topological polar surface area (TPSA) is 248 Å². The van der Waals surface area contributed by atoms with Crippen molar-refractivity contribution in [3.63, 3.8) is 0 Å². The van der Waals surface area contributed by atoms with Crippen LogP contribution in [0.25, 0.3) is 0 Å². The van der Waals surface area contributed by atoms with Crippen molar-refractivity contribution in [1.29, 1.82) is 0 Å². The Balaban J connectivity index is 1.26. The highest BCUT2D eigenvalue weighted by molar-refractivity contribution is 7.91. The molecule has 3 aliphatic heterocycles. The van der Waals surface area contributed by atoms with Crippen LogP contribution in [0.15, 0.2) is 63.3 Å². The van der Waals surface area contributed by atoms with Gasteiger partial charge < -0.3 is 28.0 Å². The second kappa shape index (κ2) is 18.3. The quantitative estimate of drug-likeness (QED) is 0.123. The summed E-state index contributed by atoms with van der Waals surface area (Å²) >= 11 is 0. The minimum Gasteiger partial charge on any atom is -0.438 e. The van der Waals surface area contributed by atoms with Gasteiger partial charge in [0.15, 0.2) is 21.5 Å². The summed E-state index contributed by atoms with van der Waals surface area (Å²) in [6.07, 6.45) is -0.888. The summed E-state index contributed by atoms with van der Waals surface area (Å²) in [4.78, 5) is 52.2. The molecule has 6 rings (SSSR count). The molecule has 1 N–H and O–H groups in total. The molecule has 2 aromatic heterocycles. The standard InChI is InChI=1S/C36H50N6O15P2S/c1-35(2,3)32(44)51-21-53-59(47,54-22-52-33(45)36(4,5)6)28-19-40(39-38-28)18-25-29(30(50-7)31(55-25)41-17-15-27(43)37-34(41)46)57-58-42-16-11-14-24(42)26(56-58)20-60(48,49)23-12-9-8-10-13-23/h8-10,12-13,15,17,19,24-26,29-31H,11,14,16,18,20-22H2,1-7H3,(H,37,43,46)/t24-,25+,26+,29?,30?,31+,58-/m0/s1. The third kappa shape index (κ3) is 10.5. The average Bonchev–Trinajstić information content (AvgIpc) is 3.98. The van der Waals surface area contributed by atoms with E-state index < -0.39 is 104 Å². The van der Waals surface area contributed by atoms with E-state index in [9.17, 15) is 32.2 Å². The summed E-state index contributed by atoms with van der Waals surface area (Å²) in [7, 11) is -8.72. The molecule has 1 aromatic carbocycles. The Hall–Kier alpha value is -3.69. The van der Waals surface area contributed by atoms with Crippen molar-refractivity contribution in [2.24, 2.45) is 10.8 Å². The smallest absolute Gasteiger partial charge is 0.388 e. The fourth-order valence-corrected chi connectivity index (χ4v) is 11.3. The van der Waals surface area contributed by atoms with Gasteiger partial charge in [0, 0.05) is 32.0 Å². The normalized spacial score (nSPS) is 25.0. The first kappa shape index (κ1) is 45.8. The summed E-state index contributed by atoms with van der Waals surface area (Å²) in [6.45, 7) is 8.54. The van der Waals surface area contributed by atoms with E-state index in [4.69, 9.17) is 37.0 Å². The lowest BCUT2D eigenvalue weighted by Gasteiger charge is -2.28. The number of hydrogen-bond acceptors (Lipinski definition) is 18. The highest BCUT2D eigenvalue weighted by Crippen LogP contribution is 2.58. The van der Waals surface area contributed by atoms with Crippen LogP contribution in [0.3, 0.4) is 0 Å². The summed E-state index contributed by atoms with van der Waals surface area (Å²) in [5.74, 6) is -1.57. The van der Waals surface area contributed by atoms with Crippen LogP contribution in [0.5, 0.6) is 0 Å². The van der Waals surface area contributed by atoms with Gasteiger partial charge in [-0.1, -0.05) is 23.4 Å². The lowest BCUT2D eigenvalue weighted by Crippen LogP contribution is -2.40. The number of fused-ring (bicyclic) bond motifs is 1. The number of H-pyrrole nitrogens is 1. The lowest BCUT2D eigenvalue weighted by molar-refractivity contribution is -0.161. The van der Waals surface area contributed by atoms with Crippen LogP contribution < -0.4 is 16.7 Å². The van der Waals surface area contributed by atoms with Crippen LogP contribution in [0, 0.1) is 10.8 Å². The zero-order chi connectivity index (χ0) is 43.6.